The van der Waals surface area contributed by atoms with E-state index in [1.165, 1.54) is 29.0 Å². The van der Waals surface area contributed by atoms with Crippen molar-refractivity contribution in [1.82, 2.24) is 14.5 Å². The maximum atomic E-state index is 11.9. The second-order valence-electron chi connectivity index (χ2n) is 4.23. The molecule has 0 radical (unpaired) electrons. The van der Waals surface area contributed by atoms with Gasteiger partial charge in [0.25, 0.3) is 0 Å². The van der Waals surface area contributed by atoms with Gasteiger partial charge in [0.15, 0.2) is 0 Å². The molecule has 1 aromatic heterocycles. The highest BCUT2D eigenvalue weighted by Crippen LogP contribution is 2.01. The summed E-state index contributed by atoms with van der Waals surface area (Å²) >= 11 is 0. The van der Waals surface area contributed by atoms with Crippen molar-refractivity contribution in [2.75, 3.05) is 20.7 Å². The van der Waals surface area contributed by atoms with E-state index in [4.69, 9.17) is 0 Å². The zero-order chi connectivity index (χ0) is 14.4. The molecule has 0 fully saturated rings. The Kier molecular flexibility index (Phi) is 5.23. The third kappa shape index (κ3) is 4.20. The summed E-state index contributed by atoms with van der Waals surface area (Å²) in [5.74, 6) is -1.06. The van der Waals surface area contributed by atoms with Crippen LogP contribution in [0.4, 0.5) is 0 Å². The van der Waals surface area contributed by atoms with Crippen molar-refractivity contribution in [1.29, 1.82) is 0 Å². The molecule has 1 heterocycles. The Morgan fingerprint density at radius 3 is 2.79 bits per heavy atom. The molecular formula is C12H17N3O4. The number of likely N-dealkylation sites (N-methyl/N-ethyl adjacent to an activating group) is 1. The number of esters is 1. The van der Waals surface area contributed by atoms with Gasteiger partial charge in [-0.05, 0) is 6.07 Å². The fourth-order valence-corrected chi connectivity index (χ4v) is 1.56. The smallest absolute Gasteiger partial charge is 0.347 e. The lowest BCUT2D eigenvalue weighted by Gasteiger charge is -2.20. The van der Waals surface area contributed by atoms with Gasteiger partial charge in [-0.1, -0.05) is 6.92 Å². The maximum Gasteiger partial charge on any atom is 0.347 e. The molecule has 0 aliphatic carbocycles. The van der Waals surface area contributed by atoms with Gasteiger partial charge >= 0.3 is 11.7 Å². The van der Waals surface area contributed by atoms with Crippen LogP contribution in [0.3, 0.4) is 0 Å². The highest BCUT2D eigenvalue weighted by molar-refractivity contribution is 5.77. The molecule has 0 aromatic carbocycles. The summed E-state index contributed by atoms with van der Waals surface area (Å²) in [7, 11) is 2.87. The summed E-state index contributed by atoms with van der Waals surface area (Å²) < 4.78 is 5.80. The van der Waals surface area contributed by atoms with Crippen LogP contribution in [0.5, 0.6) is 0 Å². The summed E-state index contributed by atoms with van der Waals surface area (Å²) in [6.45, 7) is 1.81. The minimum atomic E-state index is -0.481. The van der Waals surface area contributed by atoms with Crippen LogP contribution in [0.25, 0.3) is 0 Å². The van der Waals surface area contributed by atoms with E-state index < -0.39 is 11.6 Å². The number of amides is 1. The largest absolute Gasteiger partial charge is 0.469 e. The molecule has 7 heteroatoms. The standard InChI is InChI=1S/C12H17N3O4/c1-9(11(17)19-3)7-14(2)10(16)8-15-6-4-5-13-12(15)18/h4-6,9H,7-8H2,1-3H3. The number of methoxy groups -OCH3 is 1. The maximum absolute atomic E-state index is 11.9. The summed E-state index contributed by atoms with van der Waals surface area (Å²) in [6, 6.07) is 1.58. The Morgan fingerprint density at radius 1 is 1.53 bits per heavy atom. The monoisotopic (exact) mass is 267 g/mol. The molecule has 0 aliphatic heterocycles. The van der Waals surface area contributed by atoms with Gasteiger partial charge in [-0.3, -0.25) is 14.2 Å². The molecule has 1 aromatic rings. The summed E-state index contributed by atoms with van der Waals surface area (Å²) in [5.41, 5.74) is -0.481. The van der Waals surface area contributed by atoms with E-state index in [0.717, 1.165) is 0 Å². The number of nitrogens with zero attached hydrogens (tertiary/aromatic N) is 3. The normalized spacial score (nSPS) is 11.7. The first-order chi connectivity index (χ1) is 8.95. The zero-order valence-electron chi connectivity index (χ0n) is 11.2. The minimum Gasteiger partial charge on any atom is -0.469 e. The Balaban J connectivity index is 2.61. The highest BCUT2D eigenvalue weighted by Gasteiger charge is 2.18. The molecule has 0 N–H and O–H groups in total. The van der Waals surface area contributed by atoms with Gasteiger partial charge in [0.05, 0.1) is 13.0 Å². The van der Waals surface area contributed by atoms with Crippen LogP contribution in [0.2, 0.25) is 0 Å². The first-order valence-corrected chi connectivity index (χ1v) is 5.79. The molecule has 7 nitrogen and oxygen atoms in total. The second kappa shape index (κ2) is 6.67. The van der Waals surface area contributed by atoms with Crippen molar-refractivity contribution in [3.05, 3.63) is 28.9 Å². The van der Waals surface area contributed by atoms with Gasteiger partial charge in [0.2, 0.25) is 5.91 Å². The van der Waals surface area contributed by atoms with Crippen LogP contribution in [-0.4, -0.2) is 47.0 Å². The molecule has 0 saturated carbocycles. The predicted molar refractivity (Wildman–Crippen MR) is 67.3 cm³/mol. The van der Waals surface area contributed by atoms with E-state index in [0.29, 0.717) is 0 Å². The highest BCUT2D eigenvalue weighted by atomic mass is 16.5. The van der Waals surface area contributed by atoms with E-state index in [1.54, 1.807) is 20.0 Å². The van der Waals surface area contributed by atoms with Gasteiger partial charge in [-0.15, -0.1) is 0 Å². The Hall–Kier alpha value is -2.18. The van der Waals surface area contributed by atoms with E-state index in [2.05, 4.69) is 9.72 Å². The molecule has 0 aliphatic rings. The van der Waals surface area contributed by atoms with Crippen molar-refractivity contribution in [2.24, 2.45) is 5.92 Å². The lowest BCUT2D eigenvalue weighted by atomic mass is 10.2. The van der Waals surface area contributed by atoms with Gasteiger partial charge in [0, 0.05) is 26.0 Å². The Morgan fingerprint density at radius 2 is 2.21 bits per heavy atom. The molecule has 1 amide bonds. The first kappa shape index (κ1) is 14.9. The van der Waals surface area contributed by atoms with Crippen molar-refractivity contribution in [3.63, 3.8) is 0 Å². The van der Waals surface area contributed by atoms with E-state index >= 15 is 0 Å². The fourth-order valence-electron chi connectivity index (χ4n) is 1.56. The number of hydrogen-bond donors (Lipinski definition) is 0. The van der Waals surface area contributed by atoms with Gasteiger partial charge in [-0.25, -0.2) is 9.78 Å². The summed E-state index contributed by atoms with van der Waals surface area (Å²) in [4.78, 5) is 39.5. The lowest BCUT2D eigenvalue weighted by Crippen LogP contribution is -2.38. The average Bonchev–Trinajstić information content (AvgIpc) is 2.40. The van der Waals surface area contributed by atoms with Crippen LogP contribution in [-0.2, 0) is 20.9 Å². The summed E-state index contributed by atoms with van der Waals surface area (Å²) in [6.07, 6.45) is 2.86. The van der Waals surface area contributed by atoms with Gasteiger partial charge in [-0.2, -0.15) is 0 Å². The number of aromatic nitrogens is 2. The second-order valence-corrected chi connectivity index (χ2v) is 4.23. The zero-order valence-corrected chi connectivity index (χ0v) is 11.2. The third-order valence-electron chi connectivity index (χ3n) is 2.67. The first-order valence-electron chi connectivity index (χ1n) is 5.79. The number of hydrogen-bond acceptors (Lipinski definition) is 5. The van der Waals surface area contributed by atoms with Crippen LogP contribution < -0.4 is 5.69 Å². The van der Waals surface area contributed by atoms with Crippen LogP contribution in [0.15, 0.2) is 23.3 Å². The molecule has 0 bridgehead atoms. The number of rotatable bonds is 5. The Bertz CT molecular complexity index is 512. The molecule has 0 spiro atoms. The quantitative estimate of drug-likeness (QED) is 0.672. The summed E-state index contributed by atoms with van der Waals surface area (Å²) in [5, 5.41) is 0. The van der Waals surface area contributed by atoms with Crippen molar-refractivity contribution in [3.8, 4) is 0 Å². The lowest BCUT2D eigenvalue weighted by molar-refractivity contribution is -0.146. The van der Waals surface area contributed by atoms with E-state index in [9.17, 15) is 14.4 Å². The van der Waals surface area contributed by atoms with Crippen LogP contribution >= 0.6 is 0 Å². The van der Waals surface area contributed by atoms with Gasteiger partial charge in [0.1, 0.15) is 6.54 Å². The molecule has 1 atom stereocenters. The fraction of sp³-hybridized carbons (Fsp3) is 0.500. The average molecular weight is 267 g/mol. The molecule has 19 heavy (non-hydrogen) atoms. The van der Waals surface area contributed by atoms with E-state index in [1.807, 2.05) is 0 Å². The van der Waals surface area contributed by atoms with Crippen LogP contribution in [0.1, 0.15) is 6.92 Å². The molecular weight excluding hydrogens is 250 g/mol. The molecule has 0 saturated heterocycles. The molecule has 104 valence electrons. The molecule has 1 rings (SSSR count). The number of carbonyl (C=O) groups excluding carboxylic acids is 2. The van der Waals surface area contributed by atoms with Gasteiger partial charge < -0.3 is 9.64 Å². The minimum absolute atomic E-state index is 0.100. The molecule has 1 unspecified atom stereocenters. The SMILES string of the molecule is COC(=O)C(C)CN(C)C(=O)Cn1cccnc1=O. The Labute approximate surface area is 110 Å². The van der Waals surface area contributed by atoms with Crippen molar-refractivity contribution < 1.29 is 14.3 Å². The number of ether oxygens (including phenoxy) is 1. The topological polar surface area (TPSA) is 81.5 Å². The predicted octanol–water partition coefficient (Wildman–Crippen LogP) is -0.489. The van der Waals surface area contributed by atoms with Crippen LogP contribution in [0, 0.1) is 5.92 Å². The number of carbonyl (C=O) groups is 2. The van der Waals surface area contributed by atoms with Crippen molar-refractivity contribution in [2.45, 2.75) is 13.5 Å². The third-order valence-corrected chi connectivity index (χ3v) is 2.67. The van der Waals surface area contributed by atoms with Crippen molar-refractivity contribution >= 4 is 11.9 Å². The van der Waals surface area contributed by atoms with E-state index in [-0.39, 0.29) is 25.0 Å².